The van der Waals surface area contributed by atoms with E-state index in [1.165, 1.54) is 0 Å². The Morgan fingerprint density at radius 3 is 0.860 bits per heavy atom. The first-order valence-electron chi connectivity index (χ1n) is 15.4. The van der Waals surface area contributed by atoms with Crippen LogP contribution in [0.1, 0.15) is 19.8 Å². The van der Waals surface area contributed by atoms with Crippen LogP contribution in [0, 0.1) is 0 Å². The number of rotatable bonds is 38. The summed E-state index contributed by atoms with van der Waals surface area (Å²) in [5.74, 6) is 0.0173. The van der Waals surface area contributed by atoms with Crippen molar-refractivity contribution in [3.05, 3.63) is 0 Å². The van der Waals surface area contributed by atoms with Crippen molar-refractivity contribution in [1.29, 1.82) is 0 Å². The number of methoxy groups -OCH3 is 1. The minimum Gasteiger partial charge on any atom is -0.382 e. The van der Waals surface area contributed by atoms with Crippen molar-refractivity contribution >= 4 is 5.91 Å². The van der Waals surface area contributed by atoms with Crippen LogP contribution in [0.2, 0.25) is 0 Å². The topological polar surface area (TPSA) is 140 Å². The molecule has 1 amide bonds. The first kappa shape index (κ1) is 42.0. The zero-order valence-electron chi connectivity index (χ0n) is 26.7. The Hall–Kier alpha value is -1.01. The lowest BCUT2D eigenvalue weighted by atomic mass is 10.4. The summed E-state index contributed by atoms with van der Waals surface area (Å²) in [6.45, 7) is 14.5. The summed E-state index contributed by atoms with van der Waals surface area (Å²) in [5.41, 5.74) is 0. The molecule has 0 heterocycles. The molecule has 0 radical (unpaired) electrons. The molecule has 0 atom stereocenters. The molecular weight excluding hydrogens is 570 g/mol. The maximum absolute atomic E-state index is 11.4. The first-order chi connectivity index (χ1) is 21.3. The van der Waals surface area contributed by atoms with Gasteiger partial charge in [-0.25, -0.2) is 0 Å². The largest absolute Gasteiger partial charge is 0.382 e. The third kappa shape index (κ3) is 39.0. The predicted octanol–water partition coefficient (Wildman–Crippen LogP) is 0.732. The van der Waals surface area contributed by atoms with Crippen LogP contribution >= 0.6 is 0 Å². The average Bonchev–Trinajstić information content (AvgIpc) is 3.02. The van der Waals surface area contributed by atoms with E-state index >= 15 is 0 Å². The molecule has 0 aliphatic carbocycles. The standard InChI is InChI=1S/C29H59NO13/c1-3-5-30-29(31)4-6-33-9-10-35-13-14-37-17-18-39-21-22-41-25-26-43-28-27-42-24-23-40-20-19-38-16-15-36-12-11-34-8-7-32-2/h3-28H2,1-2H3,(H,30,31). The van der Waals surface area contributed by atoms with Crippen LogP contribution in [0.5, 0.6) is 0 Å². The van der Waals surface area contributed by atoms with Crippen molar-refractivity contribution in [2.45, 2.75) is 19.8 Å². The minimum absolute atomic E-state index is 0.0173. The molecule has 0 unspecified atom stereocenters. The summed E-state index contributed by atoms with van der Waals surface area (Å²) in [6.07, 6.45) is 1.30. The molecule has 0 fully saturated rings. The summed E-state index contributed by atoms with van der Waals surface area (Å²) in [7, 11) is 1.64. The maximum atomic E-state index is 11.4. The van der Waals surface area contributed by atoms with Gasteiger partial charge in [0.1, 0.15) is 0 Å². The van der Waals surface area contributed by atoms with E-state index in [0.29, 0.717) is 165 Å². The van der Waals surface area contributed by atoms with E-state index in [9.17, 15) is 4.79 Å². The fraction of sp³-hybridized carbons (Fsp3) is 0.966. The van der Waals surface area contributed by atoms with Gasteiger partial charge in [-0.1, -0.05) is 6.92 Å². The maximum Gasteiger partial charge on any atom is 0.222 e. The van der Waals surface area contributed by atoms with E-state index in [2.05, 4.69) is 5.32 Å². The fourth-order valence-electron chi connectivity index (χ4n) is 2.96. The molecule has 0 bridgehead atoms. The van der Waals surface area contributed by atoms with Gasteiger partial charge in [-0.2, -0.15) is 0 Å². The molecule has 0 aromatic carbocycles. The van der Waals surface area contributed by atoms with Gasteiger partial charge in [-0.05, 0) is 6.42 Å². The Morgan fingerprint density at radius 1 is 0.395 bits per heavy atom. The summed E-state index contributed by atoms with van der Waals surface area (Å²) in [5, 5.41) is 2.81. The highest BCUT2D eigenvalue weighted by Gasteiger charge is 2.00. The highest BCUT2D eigenvalue weighted by atomic mass is 16.6. The molecule has 0 rings (SSSR count). The molecule has 0 aliphatic rings. The third-order valence-corrected chi connectivity index (χ3v) is 5.20. The smallest absolute Gasteiger partial charge is 0.222 e. The zero-order chi connectivity index (χ0) is 31.2. The van der Waals surface area contributed by atoms with Crippen LogP contribution in [0.3, 0.4) is 0 Å². The first-order valence-corrected chi connectivity index (χ1v) is 15.4. The van der Waals surface area contributed by atoms with Crippen LogP contribution in [0.15, 0.2) is 0 Å². The molecule has 0 saturated heterocycles. The van der Waals surface area contributed by atoms with Crippen molar-refractivity contribution in [1.82, 2.24) is 5.32 Å². The summed E-state index contributed by atoms with van der Waals surface area (Å²) in [6, 6.07) is 0. The van der Waals surface area contributed by atoms with E-state index in [1.54, 1.807) is 7.11 Å². The lowest BCUT2D eigenvalue weighted by Gasteiger charge is -2.09. The molecule has 1 N–H and O–H groups in total. The average molecular weight is 630 g/mol. The van der Waals surface area contributed by atoms with Gasteiger partial charge < -0.3 is 62.2 Å². The number of nitrogens with one attached hydrogen (secondary N) is 1. The second kappa shape index (κ2) is 39.0. The van der Waals surface area contributed by atoms with Crippen LogP contribution < -0.4 is 5.32 Å². The van der Waals surface area contributed by atoms with Crippen LogP contribution in [0.25, 0.3) is 0 Å². The molecule has 0 aliphatic heterocycles. The molecule has 0 aromatic rings. The van der Waals surface area contributed by atoms with Gasteiger partial charge in [0.25, 0.3) is 0 Å². The number of hydrogen-bond acceptors (Lipinski definition) is 13. The number of carbonyl (C=O) groups excluding carboxylic acids is 1. The van der Waals surface area contributed by atoms with Crippen molar-refractivity contribution < 1.29 is 61.6 Å². The van der Waals surface area contributed by atoms with Gasteiger partial charge in [0, 0.05) is 20.1 Å². The second-order valence-corrected chi connectivity index (χ2v) is 8.83. The van der Waals surface area contributed by atoms with Gasteiger partial charge in [-0.15, -0.1) is 0 Å². The molecule has 43 heavy (non-hydrogen) atoms. The predicted molar refractivity (Wildman–Crippen MR) is 159 cm³/mol. The number of amides is 1. The summed E-state index contributed by atoms with van der Waals surface area (Å²) in [4.78, 5) is 11.4. The Balaban J connectivity index is 3.06. The van der Waals surface area contributed by atoms with E-state index in [1.807, 2.05) is 6.92 Å². The number of carbonyl (C=O) groups is 1. The van der Waals surface area contributed by atoms with Crippen molar-refractivity contribution in [3.8, 4) is 0 Å². The highest BCUT2D eigenvalue weighted by Crippen LogP contribution is 1.88. The van der Waals surface area contributed by atoms with E-state index in [0.717, 1.165) is 6.42 Å². The molecule has 0 aromatic heterocycles. The number of hydrogen-bond donors (Lipinski definition) is 1. The Labute approximate surface area is 258 Å². The molecule has 258 valence electrons. The van der Waals surface area contributed by atoms with Crippen molar-refractivity contribution in [2.24, 2.45) is 0 Å². The second-order valence-electron chi connectivity index (χ2n) is 8.83. The van der Waals surface area contributed by atoms with Gasteiger partial charge in [0.15, 0.2) is 0 Å². The highest BCUT2D eigenvalue weighted by molar-refractivity contribution is 5.75. The minimum atomic E-state index is 0.0173. The van der Waals surface area contributed by atoms with Crippen LogP contribution in [-0.2, 0) is 61.6 Å². The van der Waals surface area contributed by atoms with Gasteiger partial charge in [0.05, 0.1) is 152 Å². The summed E-state index contributed by atoms with van der Waals surface area (Å²) < 4.78 is 64.5. The fourth-order valence-corrected chi connectivity index (χ4v) is 2.96. The SMILES string of the molecule is CCCNC(=O)CCOCCOCCOCCOCCOCCOCCOCCOCCOCCOCCOCCOC. The summed E-state index contributed by atoms with van der Waals surface area (Å²) >= 11 is 0. The number of ether oxygens (including phenoxy) is 12. The van der Waals surface area contributed by atoms with E-state index in [4.69, 9.17) is 56.8 Å². The Kier molecular flexibility index (Phi) is 38.1. The normalized spacial score (nSPS) is 11.4. The lowest BCUT2D eigenvalue weighted by Crippen LogP contribution is -2.25. The molecule has 0 spiro atoms. The van der Waals surface area contributed by atoms with Gasteiger partial charge in [-0.3, -0.25) is 4.79 Å². The Bertz CT molecular complexity index is 535. The molecule has 0 saturated carbocycles. The van der Waals surface area contributed by atoms with Gasteiger partial charge in [0.2, 0.25) is 5.91 Å². The Morgan fingerprint density at radius 2 is 0.628 bits per heavy atom. The zero-order valence-corrected chi connectivity index (χ0v) is 26.7. The molecular formula is C29H59NO13. The monoisotopic (exact) mass is 629 g/mol. The van der Waals surface area contributed by atoms with Crippen LogP contribution in [-0.4, -0.2) is 172 Å². The van der Waals surface area contributed by atoms with E-state index in [-0.39, 0.29) is 5.91 Å². The van der Waals surface area contributed by atoms with E-state index < -0.39 is 0 Å². The van der Waals surface area contributed by atoms with Gasteiger partial charge >= 0.3 is 0 Å². The lowest BCUT2D eigenvalue weighted by molar-refractivity contribution is -0.122. The third-order valence-electron chi connectivity index (χ3n) is 5.20. The van der Waals surface area contributed by atoms with Crippen molar-refractivity contribution in [2.75, 3.05) is 166 Å². The quantitative estimate of drug-likeness (QED) is 0.0961. The van der Waals surface area contributed by atoms with Crippen molar-refractivity contribution in [3.63, 3.8) is 0 Å². The van der Waals surface area contributed by atoms with Crippen LogP contribution in [0.4, 0.5) is 0 Å². The molecule has 14 heteroatoms. The molecule has 14 nitrogen and oxygen atoms in total.